The smallest absolute Gasteiger partial charge is 0.249 e. The molecule has 3 amide bonds. The van der Waals surface area contributed by atoms with E-state index < -0.39 is 6.04 Å². The van der Waals surface area contributed by atoms with Crippen molar-refractivity contribution in [1.82, 2.24) is 14.8 Å². The van der Waals surface area contributed by atoms with Gasteiger partial charge in [-0.3, -0.25) is 19.7 Å². The lowest BCUT2D eigenvalue weighted by Gasteiger charge is -2.22. The number of nitrogens with zero attached hydrogens (tertiary/aromatic N) is 3. The first-order chi connectivity index (χ1) is 12.8. The van der Waals surface area contributed by atoms with Crippen molar-refractivity contribution in [2.24, 2.45) is 5.92 Å². The molecule has 2 aromatic rings. The summed E-state index contributed by atoms with van der Waals surface area (Å²) >= 11 is 0. The molecule has 27 heavy (non-hydrogen) atoms. The summed E-state index contributed by atoms with van der Waals surface area (Å²) in [5.41, 5.74) is 1.19. The zero-order valence-corrected chi connectivity index (χ0v) is 15.4. The van der Waals surface area contributed by atoms with Crippen LogP contribution < -0.4 is 16.0 Å². The summed E-state index contributed by atoms with van der Waals surface area (Å²) in [7, 11) is 0. The van der Waals surface area contributed by atoms with Crippen molar-refractivity contribution in [2.75, 3.05) is 16.0 Å². The van der Waals surface area contributed by atoms with Crippen LogP contribution in [0.5, 0.6) is 0 Å². The largest absolute Gasteiger partial charge is 0.326 e. The van der Waals surface area contributed by atoms with E-state index in [0.717, 1.165) is 0 Å². The third kappa shape index (κ3) is 4.49. The Bertz CT molecular complexity index is 872. The number of fused-ring (bicyclic) bond motifs is 1. The zero-order valence-electron chi connectivity index (χ0n) is 15.4. The third-order valence-electron chi connectivity index (χ3n) is 3.97. The summed E-state index contributed by atoms with van der Waals surface area (Å²) in [6.45, 7) is 5.52. The van der Waals surface area contributed by atoms with Gasteiger partial charge in [0, 0.05) is 24.7 Å². The van der Waals surface area contributed by atoms with Crippen molar-refractivity contribution in [3.05, 3.63) is 30.1 Å². The van der Waals surface area contributed by atoms with Crippen LogP contribution in [-0.2, 0) is 20.8 Å². The lowest BCUT2D eigenvalue weighted by Crippen LogP contribution is -2.36. The highest BCUT2D eigenvalue weighted by Crippen LogP contribution is 2.25. The number of hydrogen-bond acceptors (Lipinski definition) is 5. The molecule has 0 saturated heterocycles. The molecule has 2 heterocycles. The minimum absolute atomic E-state index is 0.00666. The molecule has 0 fully saturated rings. The first kappa shape index (κ1) is 18.6. The number of benzene rings is 1. The van der Waals surface area contributed by atoms with Crippen LogP contribution in [0.2, 0.25) is 0 Å². The van der Waals surface area contributed by atoms with Crippen LogP contribution in [0.25, 0.3) is 0 Å². The first-order valence-corrected chi connectivity index (χ1v) is 8.75. The van der Waals surface area contributed by atoms with Crippen LogP contribution in [0.1, 0.15) is 39.1 Å². The molecule has 1 aliphatic rings. The van der Waals surface area contributed by atoms with Crippen LogP contribution in [-0.4, -0.2) is 32.5 Å². The molecule has 1 aromatic carbocycles. The van der Waals surface area contributed by atoms with Gasteiger partial charge in [-0.1, -0.05) is 13.8 Å². The van der Waals surface area contributed by atoms with Gasteiger partial charge in [-0.25, -0.2) is 4.68 Å². The number of aromatic nitrogens is 3. The topological polar surface area (TPSA) is 118 Å². The number of rotatable bonds is 5. The standard InChI is InChI=1S/C18H22N6O3/c1-10(2)8-15-21-18-22-16(26)9-14(24(18)23-15)17(27)20-13-6-4-12(5-7-13)19-11(3)25/h4-7,10,14H,8-9H2,1-3H3,(H,19,25)(H,20,27)(H,21,22,23,26). The minimum Gasteiger partial charge on any atom is -0.326 e. The van der Waals surface area contributed by atoms with Gasteiger partial charge in [-0.15, -0.1) is 0 Å². The summed E-state index contributed by atoms with van der Waals surface area (Å²) < 4.78 is 1.47. The number of nitrogens with one attached hydrogen (secondary N) is 3. The fraction of sp³-hybridized carbons (Fsp3) is 0.389. The molecular weight excluding hydrogens is 348 g/mol. The lowest BCUT2D eigenvalue weighted by atomic mass is 10.1. The summed E-state index contributed by atoms with van der Waals surface area (Å²) in [5, 5.41) is 12.5. The second-order valence-electron chi connectivity index (χ2n) is 6.91. The predicted molar refractivity (Wildman–Crippen MR) is 100 cm³/mol. The van der Waals surface area contributed by atoms with Crippen molar-refractivity contribution in [3.8, 4) is 0 Å². The molecule has 3 rings (SSSR count). The Morgan fingerprint density at radius 1 is 1.22 bits per heavy atom. The number of carbonyl (C=O) groups is 3. The van der Waals surface area contributed by atoms with Crippen LogP contribution in [0, 0.1) is 5.92 Å². The highest BCUT2D eigenvalue weighted by atomic mass is 16.2. The number of amides is 3. The highest BCUT2D eigenvalue weighted by molar-refractivity contribution is 6.00. The Labute approximate surface area is 156 Å². The van der Waals surface area contributed by atoms with Gasteiger partial charge < -0.3 is 10.6 Å². The molecule has 0 bridgehead atoms. The average molecular weight is 370 g/mol. The fourth-order valence-electron chi connectivity index (χ4n) is 2.83. The van der Waals surface area contributed by atoms with Crippen molar-refractivity contribution in [2.45, 2.75) is 39.7 Å². The average Bonchev–Trinajstić information content (AvgIpc) is 2.96. The second kappa shape index (κ2) is 7.56. The van der Waals surface area contributed by atoms with E-state index in [-0.39, 0.29) is 24.1 Å². The van der Waals surface area contributed by atoms with E-state index >= 15 is 0 Å². The summed E-state index contributed by atoms with van der Waals surface area (Å²) in [6.07, 6.45) is 0.655. The molecule has 0 saturated carbocycles. The predicted octanol–water partition coefficient (Wildman–Crippen LogP) is 1.96. The van der Waals surface area contributed by atoms with E-state index in [2.05, 4.69) is 26.0 Å². The van der Waals surface area contributed by atoms with Crippen molar-refractivity contribution in [3.63, 3.8) is 0 Å². The Kier molecular flexibility index (Phi) is 5.20. The first-order valence-electron chi connectivity index (χ1n) is 8.75. The SMILES string of the molecule is CC(=O)Nc1ccc(NC(=O)C2CC(=O)Nc3nc(CC(C)C)nn32)cc1. The summed E-state index contributed by atoms with van der Waals surface area (Å²) in [5.74, 6) is 0.463. The molecule has 3 N–H and O–H groups in total. The van der Waals surface area contributed by atoms with Crippen LogP contribution in [0.3, 0.4) is 0 Å². The van der Waals surface area contributed by atoms with E-state index in [0.29, 0.717) is 35.5 Å². The maximum Gasteiger partial charge on any atom is 0.249 e. The molecule has 1 aliphatic heterocycles. The minimum atomic E-state index is -0.766. The van der Waals surface area contributed by atoms with Gasteiger partial charge in [-0.05, 0) is 30.2 Å². The molecule has 0 radical (unpaired) electrons. The van der Waals surface area contributed by atoms with Gasteiger partial charge in [0.25, 0.3) is 0 Å². The lowest BCUT2D eigenvalue weighted by molar-refractivity contribution is -0.125. The van der Waals surface area contributed by atoms with Crippen molar-refractivity contribution >= 4 is 35.0 Å². The van der Waals surface area contributed by atoms with E-state index in [1.807, 2.05) is 13.8 Å². The molecule has 1 unspecified atom stereocenters. The van der Waals surface area contributed by atoms with Gasteiger partial charge in [0.2, 0.25) is 23.7 Å². The molecule has 1 atom stereocenters. The molecule has 9 nitrogen and oxygen atoms in total. The number of carbonyl (C=O) groups excluding carboxylic acids is 3. The van der Waals surface area contributed by atoms with Gasteiger partial charge in [0.15, 0.2) is 5.82 Å². The second-order valence-corrected chi connectivity index (χ2v) is 6.91. The molecular formula is C18H22N6O3. The Balaban J connectivity index is 1.76. The summed E-state index contributed by atoms with van der Waals surface area (Å²) in [4.78, 5) is 40.1. The van der Waals surface area contributed by atoms with Crippen LogP contribution in [0.15, 0.2) is 24.3 Å². The number of hydrogen-bond donors (Lipinski definition) is 3. The highest BCUT2D eigenvalue weighted by Gasteiger charge is 2.33. The van der Waals surface area contributed by atoms with Crippen molar-refractivity contribution in [1.29, 1.82) is 0 Å². The number of anilines is 3. The maximum absolute atomic E-state index is 12.7. The monoisotopic (exact) mass is 370 g/mol. The van der Waals surface area contributed by atoms with E-state index in [9.17, 15) is 14.4 Å². The zero-order chi connectivity index (χ0) is 19.6. The van der Waals surface area contributed by atoms with Gasteiger partial charge >= 0.3 is 0 Å². The molecule has 1 aromatic heterocycles. The quantitative estimate of drug-likeness (QED) is 0.743. The van der Waals surface area contributed by atoms with Gasteiger partial charge in [0.05, 0.1) is 6.42 Å². The molecule has 142 valence electrons. The van der Waals surface area contributed by atoms with Gasteiger partial charge in [-0.2, -0.15) is 10.1 Å². The Morgan fingerprint density at radius 2 is 1.85 bits per heavy atom. The Morgan fingerprint density at radius 3 is 2.44 bits per heavy atom. The van der Waals surface area contributed by atoms with E-state index in [1.54, 1.807) is 24.3 Å². The third-order valence-corrected chi connectivity index (χ3v) is 3.97. The molecule has 9 heteroatoms. The van der Waals surface area contributed by atoms with Crippen LogP contribution >= 0.6 is 0 Å². The molecule has 0 aliphatic carbocycles. The maximum atomic E-state index is 12.7. The fourth-order valence-corrected chi connectivity index (χ4v) is 2.83. The normalized spacial score (nSPS) is 15.9. The van der Waals surface area contributed by atoms with Gasteiger partial charge in [0.1, 0.15) is 6.04 Å². The van der Waals surface area contributed by atoms with Crippen LogP contribution in [0.4, 0.5) is 17.3 Å². The molecule has 0 spiro atoms. The Hall–Kier alpha value is -3.23. The van der Waals surface area contributed by atoms with E-state index in [4.69, 9.17) is 0 Å². The van der Waals surface area contributed by atoms with Crippen molar-refractivity contribution < 1.29 is 14.4 Å². The summed E-state index contributed by atoms with van der Waals surface area (Å²) in [6, 6.07) is 5.97. The van der Waals surface area contributed by atoms with E-state index in [1.165, 1.54) is 11.6 Å².